The molecule has 0 aromatic heterocycles. The molecule has 0 aliphatic carbocycles. The van der Waals surface area contributed by atoms with Crippen molar-refractivity contribution in [3.8, 4) is 0 Å². The van der Waals surface area contributed by atoms with E-state index < -0.39 is 0 Å². The Morgan fingerprint density at radius 3 is 2.83 bits per heavy atom. The molecule has 0 aliphatic heterocycles. The molecule has 0 saturated carbocycles. The highest BCUT2D eigenvalue weighted by Crippen LogP contribution is 2.26. The van der Waals surface area contributed by atoms with Crippen molar-refractivity contribution in [2.45, 2.75) is 13.0 Å². The number of hydrogen-bond donors (Lipinski definition) is 0. The van der Waals surface area contributed by atoms with Crippen LogP contribution < -0.4 is 0 Å². The van der Waals surface area contributed by atoms with E-state index in [1.54, 1.807) is 13.0 Å². The van der Waals surface area contributed by atoms with Gasteiger partial charge in [0.1, 0.15) is 5.82 Å². The predicted octanol–water partition coefficient (Wildman–Crippen LogP) is 3.57. The molecule has 0 N–H and O–H groups in total. The molecule has 1 unspecified atom stereocenters. The molecule has 0 heterocycles. The van der Waals surface area contributed by atoms with Crippen LogP contribution >= 0.6 is 15.9 Å². The maximum Gasteiger partial charge on any atom is 0.247 e. The summed E-state index contributed by atoms with van der Waals surface area (Å²) in [6, 6.07) is 4.07. The van der Waals surface area contributed by atoms with Crippen LogP contribution in [0.15, 0.2) is 22.7 Å². The molecule has 0 bridgehead atoms. The van der Waals surface area contributed by atoms with E-state index in [2.05, 4.69) is 20.8 Å². The van der Waals surface area contributed by atoms with E-state index >= 15 is 0 Å². The van der Waals surface area contributed by atoms with E-state index in [0.29, 0.717) is 5.56 Å². The summed E-state index contributed by atoms with van der Waals surface area (Å²) < 4.78 is 13.5. The second-order valence-corrected chi connectivity index (χ2v) is 3.33. The number of benzene rings is 1. The van der Waals surface area contributed by atoms with Gasteiger partial charge in [-0.15, -0.1) is 0 Å². The molecule has 62 valence electrons. The van der Waals surface area contributed by atoms with E-state index in [-0.39, 0.29) is 11.9 Å². The predicted molar refractivity (Wildman–Crippen MR) is 49.1 cm³/mol. The van der Waals surface area contributed by atoms with E-state index in [4.69, 9.17) is 6.57 Å². The molecule has 1 rings (SSSR count). The van der Waals surface area contributed by atoms with Crippen molar-refractivity contribution in [2.75, 3.05) is 0 Å². The van der Waals surface area contributed by atoms with Gasteiger partial charge in [-0.1, -0.05) is 15.9 Å². The molecule has 0 fully saturated rings. The van der Waals surface area contributed by atoms with Crippen LogP contribution in [0.2, 0.25) is 0 Å². The van der Waals surface area contributed by atoms with Gasteiger partial charge in [-0.25, -0.2) is 11.0 Å². The number of halogens is 2. The summed E-state index contributed by atoms with van der Waals surface area (Å²) in [6.45, 7) is 8.54. The van der Waals surface area contributed by atoms with Crippen LogP contribution in [-0.2, 0) is 0 Å². The van der Waals surface area contributed by atoms with Crippen molar-refractivity contribution in [3.63, 3.8) is 0 Å². The van der Waals surface area contributed by atoms with E-state index in [0.717, 1.165) is 4.47 Å². The van der Waals surface area contributed by atoms with Gasteiger partial charge in [-0.2, -0.15) is 0 Å². The Morgan fingerprint density at radius 2 is 2.25 bits per heavy atom. The minimum Gasteiger partial charge on any atom is -0.309 e. The molecule has 3 heteroatoms. The summed E-state index contributed by atoms with van der Waals surface area (Å²) in [4.78, 5) is 3.31. The lowest BCUT2D eigenvalue weighted by atomic mass is 10.1. The van der Waals surface area contributed by atoms with Gasteiger partial charge in [0.15, 0.2) is 0 Å². The lowest BCUT2D eigenvalue weighted by molar-refractivity contribution is 0.624. The van der Waals surface area contributed by atoms with E-state index in [1.165, 1.54) is 12.1 Å². The van der Waals surface area contributed by atoms with Gasteiger partial charge in [0.05, 0.1) is 5.56 Å². The maximum atomic E-state index is 12.7. The Labute approximate surface area is 79.2 Å². The topological polar surface area (TPSA) is 4.36 Å². The smallest absolute Gasteiger partial charge is 0.247 e. The first-order valence-electron chi connectivity index (χ1n) is 3.46. The second-order valence-electron chi connectivity index (χ2n) is 2.47. The first kappa shape index (κ1) is 9.21. The van der Waals surface area contributed by atoms with Crippen molar-refractivity contribution in [2.24, 2.45) is 0 Å². The van der Waals surface area contributed by atoms with Gasteiger partial charge >= 0.3 is 0 Å². The molecule has 0 aliphatic rings. The molecule has 1 aromatic rings. The SMILES string of the molecule is [C-]#[N+]C(C)c1cc(F)ccc1Br. The van der Waals surface area contributed by atoms with Crippen LogP contribution in [0, 0.1) is 12.4 Å². The van der Waals surface area contributed by atoms with Gasteiger partial charge in [-0.05, 0) is 18.2 Å². The van der Waals surface area contributed by atoms with Crippen LogP contribution in [-0.4, -0.2) is 0 Å². The fraction of sp³-hybridized carbons (Fsp3) is 0.222. The molecule has 1 aromatic carbocycles. The fourth-order valence-electron chi connectivity index (χ4n) is 0.904. The molecule has 0 radical (unpaired) electrons. The van der Waals surface area contributed by atoms with Gasteiger partial charge in [-0.3, -0.25) is 0 Å². The average molecular weight is 228 g/mol. The van der Waals surface area contributed by atoms with Crippen molar-refractivity contribution in [1.29, 1.82) is 0 Å². The highest BCUT2D eigenvalue weighted by molar-refractivity contribution is 9.10. The maximum absolute atomic E-state index is 12.7. The highest BCUT2D eigenvalue weighted by Gasteiger charge is 2.12. The summed E-state index contributed by atoms with van der Waals surface area (Å²) in [7, 11) is 0. The minimum atomic E-state index is -0.302. The first-order chi connectivity index (χ1) is 5.65. The van der Waals surface area contributed by atoms with Crippen LogP contribution in [0.4, 0.5) is 4.39 Å². The zero-order chi connectivity index (χ0) is 9.14. The number of nitrogens with zero attached hydrogens (tertiary/aromatic N) is 1. The van der Waals surface area contributed by atoms with Crippen molar-refractivity contribution in [3.05, 3.63) is 45.5 Å². The highest BCUT2D eigenvalue weighted by atomic mass is 79.9. The molecule has 1 atom stereocenters. The van der Waals surface area contributed by atoms with Gasteiger partial charge < -0.3 is 4.85 Å². The standard InChI is InChI=1S/C9H7BrFN/c1-6(12-2)8-5-7(11)3-4-9(8)10/h3-6H,1H3. The Hall–Kier alpha value is -0.880. The lowest BCUT2D eigenvalue weighted by Crippen LogP contribution is -1.89. The van der Waals surface area contributed by atoms with Gasteiger partial charge in [0.25, 0.3) is 0 Å². The molecular weight excluding hydrogens is 221 g/mol. The number of rotatable bonds is 1. The summed E-state index contributed by atoms with van der Waals surface area (Å²) in [5.41, 5.74) is 0.699. The Kier molecular flexibility index (Phi) is 2.83. The van der Waals surface area contributed by atoms with Crippen LogP contribution in [0.25, 0.3) is 4.85 Å². The van der Waals surface area contributed by atoms with Gasteiger partial charge in [0, 0.05) is 11.4 Å². The van der Waals surface area contributed by atoms with Gasteiger partial charge in [0.2, 0.25) is 6.04 Å². The molecule has 1 nitrogen and oxygen atoms in total. The molecule has 12 heavy (non-hydrogen) atoms. The van der Waals surface area contributed by atoms with E-state index in [1.807, 2.05) is 0 Å². The third-order valence-electron chi connectivity index (χ3n) is 1.60. The zero-order valence-electron chi connectivity index (χ0n) is 6.51. The summed E-state index contributed by atoms with van der Waals surface area (Å²) >= 11 is 3.26. The second kappa shape index (κ2) is 3.68. The fourth-order valence-corrected chi connectivity index (χ4v) is 1.48. The summed E-state index contributed by atoms with van der Waals surface area (Å²) in [6.07, 6.45) is 0. The summed E-state index contributed by atoms with van der Waals surface area (Å²) in [5, 5.41) is 0. The van der Waals surface area contributed by atoms with Crippen LogP contribution in [0.5, 0.6) is 0 Å². The summed E-state index contributed by atoms with van der Waals surface area (Å²) in [5.74, 6) is -0.302. The Bertz CT molecular complexity index is 330. The Balaban J connectivity index is 3.15. The third-order valence-corrected chi connectivity index (χ3v) is 2.32. The third kappa shape index (κ3) is 1.83. The van der Waals surface area contributed by atoms with Crippen LogP contribution in [0.1, 0.15) is 18.5 Å². The molecule has 0 spiro atoms. The normalized spacial score (nSPS) is 12.2. The average Bonchev–Trinajstić information content (AvgIpc) is 2.08. The monoisotopic (exact) mass is 227 g/mol. The zero-order valence-corrected chi connectivity index (χ0v) is 8.10. The van der Waals surface area contributed by atoms with Crippen molar-refractivity contribution in [1.82, 2.24) is 0 Å². The van der Waals surface area contributed by atoms with Crippen molar-refractivity contribution < 1.29 is 4.39 Å². The lowest BCUT2D eigenvalue weighted by Gasteiger charge is -2.02. The number of hydrogen-bond acceptors (Lipinski definition) is 0. The van der Waals surface area contributed by atoms with Crippen molar-refractivity contribution >= 4 is 15.9 Å². The largest absolute Gasteiger partial charge is 0.309 e. The molecule has 0 amide bonds. The minimum absolute atomic E-state index is 0.296. The Morgan fingerprint density at radius 1 is 1.58 bits per heavy atom. The molecule has 0 saturated heterocycles. The molecular formula is C9H7BrFN. The first-order valence-corrected chi connectivity index (χ1v) is 4.26. The quantitative estimate of drug-likeness (QED) is 0.647. The van der Waals surface area contributed by atoms with E-state index in [9.17, 15) is 4.39 Å². The van der Waals surface area contributed by atoms with Crippen LogP contribution in [0.3, 0.4) is 0 Å².